The van der Waals surface area contributed by atoms with Crippen LogP contribution in [0.15, 0.2) is 24.3 Å². The number of rotatable bonds is 60. The quantitative estimate of drug-likeness (QED) is 0.0261. The molecule has 0 bridgehead atoms. The molecule has 424 valence electrons. The number of hydrogen-bond donors (Lipinski definition) is 0. The van der Waals surface area contributed by atoms with Crippen LogP contribution in [0.25, 0.3) is 0 Å². The van der Waals surface area contributed by atoms with Crippen molar-refractivity contribution in [2.24, 2.45) is 0 Å². The highest BCUT2D eigenvalue weighted by atomic mass is 16.6. The summed E-state index contributed by atoms with van der Waals surface area (Å²) in [6.07, 6.45) is 73.6. The molecule has 0 N–H and O–H groups in total. The molecule has 0 amide bonds. The van der Waals surface area contributed by atoms with E-state index >= 15 is 0 Å². The first-order chi connectivity index (χ1) is 35.5. The molecular formula is C66H124O6. The molecule has 0 spiro atoms. The maximum absolute atomic E-state index is 12.8. The summed E-state index contributed by atoms with van der Waals surface area (Å²) in [6, 6.07) is 0. The minimum Gasteiger partial charge on any atom is -0.462 e. The topological polar surface area (TPSA) is 78.9 Å². The Labute approximate surface area is 449 Å². The third-order valence-electron chi connectivity index (χ3n) is 14.7. The van der Waals surface area contributed by atoms with Crippen LogP contribution in [0.5, 0.6) is 0 Å². The van der Waals surface area contributed by atoms with Gasteiger partial charge in [0.05, 0.1) is 0 Å². The first-order valence-corrected chi connectivity index (χ1v) is 32.3. The number of ether oxygens (including phenoxy) is 3. The summed E-state index contributed by atoms with van der Waals surface area (Å²) >= 11 is 0. The van der Waals surface area contributed by atoms with Crippen molar-refractivity contribution in [1.29, 1.82) is 0 Å². The van der Waals surface area contributed by atoms with Gasteiger partial charge in [-0.25, -0.2) is 0 Å². The molecule has 0 aromatic rings. The lowest BCUT2D eigenvalue weighted by atomic mass is 10.0. The molecule has 0 aliphatic carbocycles. The zero-order valence-electron chi connectivity index (χ0n) is 48.7. The van der Waals surface area contributed by atoms with E-state index in [9.17, 15) is 14.4 Å². The molecule has 0 aromatic carbocycles. The predicted octanol–water partition coefficient (Wildman–Crippen LogP) is 21.8. The van der Waals surface area contributed by atoms with Gasteiger partial charge in [-0.2, -0.15) is 0 Å². The lowest BCUT2D eigenvalue weighted by Crippen LogP contribution is -2.30. The van der Waals surface area contributed by atoms with Crippen LogP contribution in [0.2, 0.25) is 0 Å². The highest BCUT2D eigenvalue weighted by Crippen LogP contribution is 2.18. The Kier molecular flexibility index (Phi) is 59.6. The fourth-order valence-electron chi connectivity index (χ4n) is 9.83. The summed E-state index contributed by atoms with van der Waals surface area (Å²) in [4.78, 5) is 38.1. The molecule has 0 aromatic heterocycles. The highest BCUT2D eigenvalue weighted by Gasteiger charge is 2.19. The smallest absolute Gasteiger partial charge is 0.306 e. The van der Waals surface area contributed by atoms with E-state index in [1.807, 2.05) is 0 Å². The monoisotopic (exact) mass is 1010 g/mol. The normalized spacial score (nSPS) is 12.1. The van der Waals surface area contributed by atoms with Gasteiger partial charge in [0.1, 0.15) is 13.2 Å². The minimum absolute atomic E-state index is 0.0693. The van der Waals surface area contributed by atoms with Crippen molar-refractivity contribution in [3.05, 3.63) is 24.3 Å². The predicted molar refractivity (Wildman–Crippen MR) is 312 cm³/mol. The molecule has 1 atom stereocenters. The van der Waals surface area contributed by atoms with Crippen molar-refractivity contribution >= 4 is 17.9 Å². The molecule has 0 fully saturated rings. The van der Waals surface area contributed by atoms with E-state index in [1.165, 1.54) is 250 Å². The maximum atomic E-state index is 12.8. The Balaban J connectivity index is 4.07. The molecule has 6 heteroatoms. The van der Waals surface area contributed by atoms with E-state index in [-0.39, 0.29) is 31.1 Å². The Hall–Kier alpha value is -2.11. The summed E-state index contributed by atoms with van der Waals surface area (Å²) in [5.41, 5.74) is 0. The van der Waals surface area contributed by atoms with Gasteiger partial charge in [0.15, 0.2) is 6.10 Å². The molecule has 0 saturated heterocycles. The average molecular weight is 1010 g/mol. The Morgan fingerprint density at radius 3 is 0.778 bits per heavy atom. The maximum Gasteiger partial charge on any atom is 0.306 e. The van der Waals surface area contributed by atoms with Crippen molar-refractivity contribution in [1.82, 2.24) is 0 Å². The van der Waals surface area contributed by atoms with Crippen molar-refractivity contribution < 1.29 is 28.6 Å². The van der Waals surface area contributed by atoms with Gasteiger partial charge in [-0.15, -0.1) is 0 Å². The van der Waals surface area contributed by atoms with E-state index in [0.717, 1.165) is 70.6 Å². The van der Waals surface area contributed by atoms with Crippen LogP contribution >= 0.6 is 0 Å². The van der Waals surface area contributed by atoms with Gasteiger partial charge in [-0.05, 0) is 51.4 Å². The van der Waals surface area contributed by atoms with E-state index in [4.69, 9.17) is 14.2 Å². The Morgan fingerprint density at radius 2 is 0.500 bits per heavy atom. The van der Waals surface area contributed by atoms with E-state index in [1.54, 1.807) is 0 Å². The Bertz CT molecular complexity index is 1160. The third kappa shape index (κ3) is 58.8. The van der Waals surface area contributed by atoms with E-state index in [2.05, 4.69) is 45.1 Å². The van der Waals surface area contributed by atoms with Gasteiger partial charge in [0.25, 0.3) is 0 Å². The number of carbonyl (C=O) groups excluding carboxylic acids is 3. The lowest BCUT2D eigenvalue weighted by Gasteiger charge is -2.18. The van der Waals surface area contributed by atoms with Gasteiger partial charge in [-0.1, -0.05) is 315 Å². The van der Waals surface area contributed by atoms with Crippen LogP contribution < -0.4 is 0 Å². The summed E-state index contributed by atoms with van der Waals surface area (Å²) in [5, 5.41) is 0. The minimum atomic E-state index is -0.770. The third-order valence-corrected chi connectivity index (χ3v) is 14.7. The average Bonchev–Trinajstić information content (AvgIpc) is 3.38. The number of esters is 3. The zero-order valence-corrected chi connectivity index (χ0v) is 48.7. The summed E-state index contributed by atoms with van der Waals surface area (Å²) in [5.74, 6) is -0.859. The van der Waals surface area contributed by atoms with Crippen LogP contribution in [-0.4, -0.2) is 37.2 Å². The van der Waals surface area contributed by atoms with Gasteiger partial charge in [0.2, 0.25) is 0 Å². The first kappa shape index (κ1) is 69.9. The fourth-order valence-corrected chi connectivity index (χ4v) is 9.83. The molecule has 1 unspecified atom stereocenters. The molecule has 0 heterocycles. The standard InChI is InChI=1S/C66H124O6/c1-4-7-10-13-16-19-21-23-25-27-29-30-31-32-33-34-35-36-37-38-40-41-43-45-47-50-53-56-59-65(68)71-62-63(61-70-64(67)58-55-52-49-18-15-12-9-6-3)72-66(69)60-57-54-51-48-46-44-42-39-28-26-24-22-20-17-14-11-8-5-2/h20,22,26,28,63H,4-19,21,23-25,27,29-62H2,1-3H3/b22-20-,28-26-. The van der Waals surface area contributed by atoms with E-state index < -0.39 is 6.10 Å². The Morgan fingerprint density at radius 1 is 0.278 bits per heavy atom. The SMILES string of the molecule is CCCCCC/C=C\C/C=C\CCCCCCCCCC(=O)OC(COC(=O)CCCCCCCCCC)COC(=O)CCCCCCCCCCCCCCCCCCCCCCCCCCCCCC. The second-order valence-corrected chi connectivity index (χ2v) is 22.0. The van der Waals surface area contributed by atoms with Gasteiger partial charge in [-0.3, -0.25) is 14.4 Å². The summed E-state index contributed by atoms with van der Waals surface area (Å²) in [7, 11) is 0. The van der Waals surface area contributed by atoms with Crippen LogP contribution in [0.3, 0.4) is 0 Å². The van der Waals surface area contributed by atoms with E-state index in [0.29, 0.717) is 19.3 Å². The second-order valence-electron chi connectivity index (χ2n) is 22.0. The van der Waals surface area contributed by atoms with Crippen LogP contribution in [-0.2, 0) is 28.6 Å². The molecule has 6 nitrogen and oxygen atoms in total. The molecule has 0 aliphatic rings. The van der Waals surface area contributed by atoms with Gasteiger partial charge >= 0.3 is 17.9 Å². The molecular weight excluding hydrogens is 889 g/mol. The number of hydrogen-bond acceptors (Lipinski definition) is 6. The number of carbonyl (C=O) groups is 3. The van der Waals surface area contributed by atoms with Crippen molar-refractivity contribution in [3.8, 4) is 0 Å². The van der Waals surface area contributed by atoms with Crippen molar-refractivity contribution in [2.45, 2.75) is 367 Å². The molecule has 72 heavy (non-hydrogen) atoms. The number of allylic oxidation sites excluding steroid dienone is 4. The van der Waals surface area contributed by atoms with Crippen LogP contribution in [0.1, 0.15) is 361 Å². The molecule has 0 rings (SSSR count). The van der Waals surface area contributed by atoms with Gasteiger partial charge < -0.3 is 14.2 Å². The highest BCUT2D eigenvalue weighted by molar-refractivity contribution is 5.71. The van der Waals surface area contributed by atoms with Crippen molar-refractivity contribution in [2.75, 3.05) is 13.2 Å². The molecule has 0 saturated carbocycles. The zero-order chi connectivity index (χ0) is 52.2. The molecule has 0 aliphatic heterocycles. The summed E-state index contributed by atoms with van der Waals surface area (Å²) in [6.45, 7) is 6.65. The first-order valence-electron chi connectivity index (χ1n) is 32.3. The largest absolute Gasteiger partial charge is 0.462 e. The lowest BCUT2D eigenvalue weighted by molar-refractivity contribution is -0.167. The van der Waals surface area contributed by atoms with Crippen LogP contribution in [0.4, 0.5) is 0 Å². The van der Waals surface area contributed by atoms with Crippen LogP contribution in [0, 0.1) is 0 Å². The van der Waals surface area contributed by atoms with Crippen molar-refractivity contribution in [3.63, 3.8) is 0 Å². The van der Waals surface area contributed by atoms with Gasteiger partial charge in [0, 0.05) is 19.3 Å². The molecule has 0 radical (unpaired) electrons. The second kappa shape index (κ2) is 61.4. The summed E-state index contributed by atoms with van der Waals surface area (Å²) < 4.78 is 16.9. The fraction of sp³-hybridized carbons (Fsp3) is 0.894. The number of unbranched alkanes of at least 4 members (excludes halogenated alkanes) is 45.